The van der Waals surface area contributed by atoms with Crippen molar-refractivity contribution >= 4 is 11.8 Å². The van der Waals surface area contributed by atoms with Gasteiger partial charge in [0.05, 0.1) is 0 Å². The zero-order valence-electron chi connectivity index (χ0n) is 9.46. The Labute approximate surface area is 92.7 Å². The maximum absolute atomic E-state index is 3.63. The highest BCUT2D eigenvalue weighted by atomic mass is 32.2. The Morgan fingerprint density at radius 1 is 1.50 bits per heavy atom. The summed E-state index contributed by atoms with van der Waals surface area (Å²) in [5.74, 6) is 3.37. The summed E-state index contributed by atoms with van der Waals surface area (Å²) < 4.78 is 0. The molecule has 0 saturated heterocycles. The molecule has 2 heteroatoms. The smallest absolute Gasteiger partial charge is 0.0130 e. The van der Waals surface area contributed by atoms with Gasteiger partial charge in [-0.1, -0.05) is 19.1 Å². The second-order valence-corrected chi connectivity index (χ2v) is 5.44. The third-order valence-electron chi connectivity index (χ3n) is 2.70. The van der Waals surface area contributed by atoms with Crippen LogP contribution in [0.5, 0.6) is 0 Å². The second-order valence-electron chi connectivity index (χ2n) is 4.12. The van der Waals surface area contributed by atoms with Gasteiger partial charge in [-0.2, -0.15) is 11.8 Å². The van der Waals surface area contributed by atoms with Crippen molar-refractivity contribution in [3.63, 3.8) is 0 Å². The minimum Gasteiger partial charge on any atom is -0.313 e. The van der Waals surface area contributed by atoms with Gasteiger partial charge in [-0.25, -0.2) is 0 Å². The Morgan fingerprint density at radius 3 is 3.00 bits per heavy atom. The van der Waals surface area contributed by atoms with Crippen LogP contribution in [-0.4, -0.2) is 24.1 Å². The fourth-order valence-corrected chi connectivity index (χ4v) is 2.47. The Kier molecular flexibility index (Phi) is 6.37. The van der Waals surface area contributed by atoms with E-state index < -0.39 is 0 Å². The first-order chi connectivity index (χ1) is 6.83. The lowest BCUT2D eigenvalue weighted by molar-refractivity contribution is 0.422. The molecule has 1 N–H and O–H groups in total. The molecule has 1 aliphatic rings. The Hall–Kier alpha value is 0.0500. The minimum atomic E-state index is 0.672. The van der Waals surface area contributed by atoms with Crippen LogP contribution in [-0.2, 0) is 0 Å². The molecule has 2 atom stereocenters. The summed E-state index contributed by atoms with van der Waals surface area (Å²) in [4.78, 5) is 0. The number of thioether (sulfide) groups is 1. The molecule has 14 heavy (non-hydrogen) atoms. The van der Waals surface area contributed by atoms with Crippen LogP contribution in [0.4, 0.5) is 0 Å². The van der Waals surface area contributed by atoms with Crippen molar-refractivity contribution in [2.45, 2.75) is 39.2 Å². The molecule has 0 aromatic heterocycles. The molecule has 0 aliphatic heterocycles. The topological polar surface area (TPSA) is 12.0 Å². The third kappa shape index (κ3) is 5.06. The van der Waals surface area contributed by atoms with Gasteiger partial charge in [-0.3, -0.25) is 0 Å². The predicted octanol–water partition coefficient (Wildman–Crippen LogP) is 3.07. The van der Waals surface area contributed by atoms with Crippen LogP contribution in [0.15, 0.2) is 12.2 Å². The summed E-state index contributed by atoms with van der Waals surface area (Å²) in [5, 5.41) is 3.63. The molecule has 2 unspecified atom stereocenters. The summed E-state index contributed by atoms with van der Waals surface area (Å²) >= 11 is 2.03. The van der Waals surface area contributed by atoms with Crippen LogP contribution < -0.4 is 5.32 Å². The van der Waals surface area contributed by atoms with Crippen LogP contribution in [0, 0.1) is 5.92 Å². The lowest BCUT2D eigenvalue weighted by Gasteiger charge is -2.21. The van der Waals surface area contributed by atoms with Crippen molar-refractivity contribution in [3.05, 3.63) is 12.2 Å². The summed E-state index contributed by atoms with van der Waals surface area (Å²) in [6.45, 7) is 5.72. The monoisotopic (exact) mass is 213 g/mol. The van der Waals surface area contributed by atoms with Gasteiger partial charge < -0.3 is 5.32 Å². The molecule has 1 nitrogen and oxygen atoms in total. The van der Waals surface area contributed by atoms with Gasteiger partial charge >= 0.3 is 0 Å². The largest absolute Gasteiger partial charge is 0.313 e. The van der Waals surface area contributed by atoms with Crippen molar-refractivity contribution in [2.75, 3.05) is 18.1 Å². The van der Waals surface area contributed by atoms with Crippen molar-refractivity contribution in [2.24, 2.45) is 5.92 Å². The van der Waals surface area contributed by atoms with E-state index in [1.165, 1.54) is 37.3 Å². The minimum absolute atomic E-state index is 0.672. The van der Waals surface area contributed by atoms with Crippen LogP contribution in [0.25, 0.3) is 0 Å². The van der Waals surface area contributed by atoms with Crippen LogP contribution in [0.3, 0.4) is 0 Å². The van der Waals surface area contributed by atoms with E-state index in [1.54, 1.807) is 0 Å². The summed E-state index contributed by atoms with van der Waals surface area (Å²) in [5.41, 5.74) is 0. The first kappa shape index (κ1) is 12.1. The van der Waals surface area contributed by atoms with Gasteiger partial charge in [-0.05, 0) is 44.4 Å². The SMILES string of the molecule is CCSCC(C)NCC1CC=CCC1. The van der Waals surface area contributed by atoms with E-state index in [0.717, 1.165) is 5.92 Å². The molecular formula is C12H23NS. The summed E-state index contributed by atoms with van der Waals surface area (Å²) in [6.07, 6.45) is 8.58. The Bertz CT molecular complexity index is 168. The third-order valence-corrected chi connectivity index (χ3v) is 3.85. The molecule has 0 aromatic carbocycles. The summed E-state index contributed by atoms with van der Waals surface area (Å²) in [7, 11) is 0. The maximum Gasteiger partial charge on any atom is 0.0130 e. The molecule has 0 aromatic rings. The molecule has 0 fully saturated rings. The highest BCUT2D eigenvalue weighted by molar-refractivity contribution is 7.99. The van der Waals surface area contributed by atoms with Gasteiger partial charge in [0.25, 0.3) is 0 Å². The lowest BCUT2D eigenvalue weighted by Crippen LogP contribution is -2.33. The molecule has 0 heterocycles. The first-order valence-electron chi connectivity index (χ1n) is 5.79. The van der Waals surface area contributed by atoms with Crippen LogP contribution >= 0.6 is 11.8 Å². The molecule has 0 amide bonds. The zero-order valence-corrected chi connectivity index (χ0v) is 10.3. The highest BCUT2D eigenvalue weighted by Crippen LogP contribution is 2.17. The predicted molar refractivity (Wildman–Crippen MR) is 66.9 cm³/mol. The van der Waals surface area contributed by atoms with Crippen molar-refractivity contribution < 1.29 is 0 Å². The first-order valence-corrected chi connectivity index (χ1v) is 6.94. The molecule has 0 bridgehead atoms. The van der Waals surface area contributed by atoms with Crippen molar-refractivity contribution in [1.82, 2.24) is 5.32 Å². The molecule has 0 spiro atoms. The Morgan fingerprint density at radius 2 is 2.36 bits per heavy atom. The van der Waals surface area contributed by atoms with Gasteiger partial charge in [0, 0.05) is 11.8 Å². The van der Waals surface area contributed by atoms with E-state index >= 15 is 0 Å². The fourth-order valence-electron chi connectivity index (χ4n) is 1.76. The lowest BCUT2D eigenvalue weighted by atomic mass is 9.94. The molecule has 1 aliphatic carbocycles. The molecule has 0 radical (unpaired) electrons. The molecule has 82 valence electrons. The molecule has 1 rings (SSSR count). The van der Waals surface area contributed by atoms with Gasteiger partial charge in [0.15, 0.2) is 0 Å². The number of allylic oxidation sites excluding steroid dienone is 2. The summed E-state index contributed by atoms with van der Waals surface area (Å²) in [6, 6.07) is 0.672. The van der Waals surface area contributed by atoms with Crippen molar-refractivity contribution in [1.29, 1.82) is 0 Å². The standard InChI is InChI=1S/C12H23NS/c1-3-14-10-11(2)13-9-12-7-5-4-6-8-12/h4-5,11-13H,3,6-10H2,1-2H3. The van der Waals surface area contributed by atoms with Crippen LogP contribution in [0.2, 0.25) is 0 Å². The van der Waals surface area contributed by atoms with E-state index in [0.29, 0.717) is 6.04 Å². The second kappa shape index (κ2) is 7.36. The number of rotatable bonds is 6. The van der Waals surface area contributed by atoms with Crippen LogP contribution in [0.1, 0.15) is 33.1 Å². The highest BCUT2D eigenvalue weighted by Gasteiger charge is 2.10. The zero-order chi connectivity index (χ0) is 10.2. The fraction of sp³-hybridized carbons (Fsp3) is 0.833. The van der Waals surface area contributed by atoms with E-state index in [-0.39, 0.29) is 0 Å². The number of hydrogen-bond acceptors (Lipinski definition) is 2. The average molecular weight is 213 g/mol. The molecule has 0 saturated carbocycles. The Balaban J connectivity index is 2.04. The van der Waals surface area contributed by atoms with Gasteiger partial charge in [0.2, 0.25) is 0 Å². The van der Waals surface area contributed by atoms with Gasteiger partial charge in [-0.15, -0.1) is 0 Å². The van der Waals surface area contributed by atoms with Crippen molar-refractivity contribution in [3.8, 4) is 0 Å². The quantitative estimate of drug-likeness (QED) is 0.681. The number of hydrogen-bond donors (Lipinski definition) is 1. The van der Waals surface area contributed by atoms with E-state index in [1.807, 2.05) is 11.8 Å². The maximum atomic E-state index is 3.63. The average Bonchev–Trinajstić information content (AvgIpc) is 2.25. The van der Waals surface area contributed by atoms with Gasteiger partial charge in [0.1, 0.15) is 0 Å². The van der Waals surface area contributed by atoms with E-state index in [2.05, 4.69) is 31.3 Å². The van der Waals surface area contributed by atoms with E-state index in [9.17, 15) is 0 Å². The van der Waals surface area contributed by atoms with E-state index in [4.69, 9.17) is 0 Å². The normalized spacial score (nSPS) is 23.7. The molecular weight excluding hydrogens is 190 g/mol. The number of nitrogens with one attached hydrogen (secondary N) is 1.